The first-order valence-electron chi connectivity index (χ1n) is 10.5. The highest BCUT2D eigenvalue weighted by Crippen LogP contribution is 2.48. The van der Waals surface area contributed by atoms with Crippen LogP contribution in [0.5, 0.6) is 0 Å². The zero-order valence-corrected chi connectivity index (χ0v) is 18.8. The van der Waals surface area contributed by atoms with Gasteiger partial charge in [0.25, 0.3) is 0 Å². The zero-order valence-electron chi connectivity index (χ0n) is 18.8. The smallest absolute Gasteiger partial charge is 0.218 e. The van der Waals surface area contributed by atoms with Crippen molar-refractivity contribution in [1.29, 1.82) is 5.26 Å². The fraction of sp³-hybridized carbons (Fsp3) is 0.440. The summed E-state index contributed by atoms with van der Waals surface area (Å²) in [6.07, 6.45) is 14.0. The Morgan fingerprint density at radius 3 is 2.61 bits per heavy atom. The van der Waals surface area contributed by atoms with Crippen molar-refractivity contribution in [3.8, 4) is 6.07 Å². The number of allylic oxidation sites excluding steroid dienone is 7. The summed E-state index contributed by atoms with van der Waals surface area (Å²) in [6.45, 7) is 8.41. The highest BCUT2D eigenvalue weighted by molar-refractivity contribution is 5.79. The summed E-state index contributed by atoms with van der Waals surface area (Å²) in [4.78, 5) is 13.6. The molecule has 31 heavy (non-hydrogen) atoms. The van der Waals surface area contributed by atoms with Gasteiger partial charge < -0.3 is 15.4 Å². The molecule has 0 radical (unpaired) electrons. The topological polar surface area (TPSA) is 79.4 Å². The molecular weight excluding hydrogens is 393 g/mol. The Balaban J connectivity index is 2.93. The molecule has 1 aliphatic carbocycles. The predicted molar refractivity (Wildman–Crippen MR) is 123 cm³/mol. The fourth-order valence-corrected chi connectivity index (χ4v) is 2.96. The summed E-state index contributed by atoms with van der Waals surface area (Å²) in [5.41, 5.74) is 8.24. The van der Waals surface area contributed by atoms with Crippen LogP contribution in [0.15, 0.2) is 71.7 Å². The Hall–Kier alpha value is -2.91. The van der Waals surface area contributed by atoms with E-state index in [1.54, 1.807) is 19.1 Å². The summed E-state index contributed by atoms with van der Waals surface area (Å²) in [5, 5.41) is 9.19. The van der Waals surface area contributed by atoms with E-state index in [0.717, 1.165) is 36.0 Å². The Kier molecular flexibility index (Phi) is 11.3. The largest absolute Gasteiger partial charge is 0.405 e. The number of hydrogen-bond donors (Lipinski definition) is 1. The van der Waals surface area contributed by atoms with Gasteiger partial charge >= 0.3 is 0 Å². The van der Waals surface area contributed by atoms with Crippen LogP contribution >= 0.6 is 0 Å². The fourth-order valence-electron chi connectivity index (χ4n) is 2.96. The molecule has 0 aromatic rings. The number of hydrogen-bond acceptors (Lipinski definition) is 5. The van der Waals surface area contributed by atoms with Crippen LogP contribution in [-0.2, 0) is 9.53 Å². The lowest BCUT2D eigenvalue weighted by Crippen LogP contribution is -2.20. The van der Waals surface area contributed by atoms with Crippen molar-refractivity contribution in [2.45, 2.75) is 45.9 Å². The molecule has 0 aromatic heterocycles. The number of nitrogens with two attached hydrogens (primary N) is 1. The minimum Gasteiger partial charge on any atom is -0.405 e. The number of aldehydes is 1. The third-order valence-electron chi connectivity index (χ3n) is 5.21. The van der Waals surface area contributed by atoms with E-state index in [1.165, 1.54) is 12.3 Å². The molecule has 0 saturated heterocycles. The number of rotatable bonds is 14. The monoisotopic (exact) mass is 427 g/mol. The second kappa shape index (κ2) is 13.4. The zero-order chi connectivity index (χ0) is 23.3. The van der Waals surface area contributed by atoms with Gasteiger partial charge in [-0.25, -0.2) is 4.39 Å². The molecule has 0 bridgehead atoms. The highest BCUT2D eigenvalue weighted by atomic mass is 19.1. The molecule has 6 heteroatoms. The quantitative estimate of drug-likeness (QED) is 0.243. The summed E-state index contributed by atoms with van der Waals surface area (Å²) in [7, 11) is 1.89. The third kappa shape index (κ3) is 9.18. The molecule has 0 aromatic carbocycles. The molecule has 168 valence electrons. The number of nitriles is 1. The van der Waals surface area contributed by atoms with Crippen molar-refractivity contribution in [2.75, 3.05) is 20.2 Å². The highest BCUT2D eigenvalue weighted by Gasteiger charge is 2.41. The summed E-state index contributed by atoms with van der Waals surface area (Å²) < 4.78 is 18.5. The van der Waals surface area contributed by atoms with Crippen LogP contribution in [0.3, 0.4) is 0 Å². The van der Waals surface area contributed by atoms with Crippen LogP contribution in [-0.4, -0.2) is 37.7 Å². The number of carbonyl (C=O) groups is 1. The molecule has 1 unspecified atom stereocenters. The van der Waals surface area contributed by atoms with E-state index >= 15 is 0 Å². The third-order valence-corrected chi connectivity index (χ3v) is 5.21. The average molecular weight is 428 g/mol. The van der Waals surface area contributed by atoms with Crippen LogP contribution in [0.4, 0.5) is 4.39 Å². The van der Waals surface area contributed by atoms with Gasteiger partial charge in [0, 0.05) is 31.5 Å². The minimum atomic E-state index is -1.47. The number of ether oxygens (including phenoxy) is 1. The maximum absolute atomic E-state index is 13.7. The van der Waals surface area contributed by atoms with Gasteiger partial charge in [0.1, 0.15) is 6.29 Å². The van der Waals surface area contributed by atoms with Gasteiger partial charge in [0.05, 0.1) is 11.5 Å². The van der Waals surface area contributed by atoms with Crippen molar-refractivity contribution in [1.82, 2.24) is 4.90 Å². The number of nitrogens with zero attached hydrogens (tertiary/aromatic N) is 2. The lowest BCUT2D eigenvalue weighted by atomic mass is 9.98. The number of carbonyl (C=O) groups excluding carboxylic acids is 1. The molecule has 0 amide bonds. The predicted octanol–water partition coefficient (Wildman–Crippen LogP) is 4.87. The Bertz CT molecular complexity index is 811. The Morgan fingerprint density at radius 1 is 1.39 bits per heavy atom. The van der Waals surface area contributed by atoms with E-state index in [-0.39, 0.29) is 12.0 Å². The van der Waals surface area contributed by atoms with Crippen molar-refractivity contribution in [3.63, 3.8) is 0 Å². The Labute approximate surface area is 185 Å². The molecule has 1 fully saturated rings. The summed E-state index contributed by atoms with van der Waals surface area (Å²) >= 11 is 0. The first kappa shape index (κ1) is 26.1. The van der Waals surface area contributed by atoms with Gasteiger partial charge in [-0.1, -0.05) is 24.8 Å². The van der Waals surface area contributed by atoms with Gasteiger partial charge in [-0.15, -0.1) is 0 Å². The second-order valence-corrected chi connectivity index (χ2v) is 7.59. The molecule has 1 atom stereocenters. The lowest BCUT2D eigenvalue weighted by Gasteiger charge is -2.23. The molecule has 2 N–H and O–H groups in total. The van der Waals surface area contributed by atoms with E-state index in [0.29, 0.717) is 25.0 Å². The van der Waals surface area contributed by atoms with E-state index < -0.39 is 6.36 Å². The number of alkyl halides is 1. The van der Waals surface area contributed by atoms with Gasteiger partial charge in [-0.3, -0.25) is 4.79 Å². The SMILES string of the molecule is C=C(/C=C\CC1(C#N)CC1)N(C)C/C(CC(/C=C\C(F)OCC)=C/C)=C(C=O)/C=C\N. The maximum atomic E-state index is 13.7. The molecule has 0 aliphatic heterocycles. The van der Waals surface area contributed by atoms with E-state index in [4.69, 9.17) is 10.5 Å². The summed E-state index contributed by atoms with van der Waals surface area (Å²) in [6, 6.07) is 2.37. The summed E-state index contributed by atoms with van der Waals surface area (Å²) in [5.74, 6) is 0. The van der Waals surface area contributed by atoms with Crippen LogP contribution in [0, 0.1) is 16.7 Å². The molecule has 1 saturated carbocycles. The second-order valence-electron chi connectivity index (χ2n) is 7.59. The van der Waals surface area contributed by atoms with E-state index in [1.807, 2.05) is 37.1 Å². The van der Waals surface area contributed by atoms with E-state index in [9.17, 15) is 14.4 Å². The number of likely N-dealkylation sites (N-methyl/N-ethyl adjacent to an activating group) is 1. The molecule has 0 heterocycles. The molecule has 5 nitrogen and oxygen atoms in total. The Morgan fingerprint density at radius 2 is 2.10 bits per heavy atom. The van der Waals surface area contributed by atoms with Gasteiger partial charge in [-0.05, 0) is 75.1 Å². The molecule has 1 aliphatic rings. The first-order chi connectivity index (χ1) is 14.8. The van der Waals surface area contributed by atoms with E-state index in [2.05, 4.69) is 12.6 Å². The van der Waals surface area contributed by atoms with Crippen molar-refractivity contribution in [3.05, 3.63) is 71.7 Å². The van der Waals surface area contributed by atoms with Gasteiger partial charge in [0.2, 0.25) is 6.36 Å². The van der Waals surface area contributed by atoms with Crippen LogP contribution < -0.4 is 5.73 Å². The molecule has 1 rings (SSSR count). The van der Waals surface area contributed by atoms with Crippen LogP contribution in [0.2, 0.25) is 0 Å². The molecule has 0 spiro atoms. The standard InChI is InChI=1S/C25H34FN3O2/c1-5-21(9-10-24(26)31-6-2)16-23(22(18-30)11-15-27)17-29(4)20(3)8-7-12-25(19-28)13-14-25/h5,7-11,15,18,24H,3,6,12-14,16-17,27H2,1-2,4H3/b8-7-,10-9-,15-11-,21-5+,23-22-. The van der Waals surface area contributed by atoms with Crippen LogP contribution in [0.1, 0.15) is 39.5 Å². The first-order valence-corrected chi connectivity index (χ1v) is 10.5. The molecular formula is C25H34FN3O2. The lowest BCUT2D eigenvalue weighted by molar-refractivity contribution is -0.104. The minimum absolute atomic E-state index is 0.194. The van der Waals surface area contributed by atoms with Crippen molar-refractivity contribution in [2.24, 2.45) is 11.1 Å². The van der Waals surface area contributed by atoms with Gasteiger partial charge in [-0.2, -0.15) is 5.26 Å². The van der Waals surface area contributed by atoms with Crippen LogP contribution in [0.25, 0.3) is 0 Å². The normalized spacial score (nSPS) is 17.6. The van der Waals surface area contributed by atoms with Crippen molar-refractivity contribution >= 4 is 6.29 Å². The van der Waals surface area contributed by atoms with Gasteiger partial charge in [0.15, 0.2) is 0 Å². The van der Waals surface area contributed by atoms with Crippen molar-refractivity contribution < 1.29 is 13.9 Å². The number of halogens is 1. The maximum Gasteiger partial charge on any atom is 0.218 e. The average Bonchev–Trinajstić information content (AvgIpc) is 3.54.